The second kappa shape index (κ2) is 6.74. The summed E-state index contributed by atoms with van der Waals surface area (Å²) < 4.78 is 5.87. The summed E-state index contributed by atoms with van der Waals surface area (Å²) in [7, 11) is 0. The summed E-state index contributed by atoms with van der Waals surface area (Å²) in [5, 5.41) is 8.76. The van der Waals surface area contributed by atoms with Crippen molar-refractivity contribution < 1.29 is 4.74 Å². The fraction of sp³-hybridized carbons (Fsp3) is 0.235. The summed E-state index contributed by atoms with van der Waals surface area (Å²) in [6.45, 7) is 3.16. The first kappa shape index (κ1) is 14.1. The molecule has 0 atom stereocenters. The third-order valence-electron chi connectivity index (χ3n) is 3.11. The Morgan fingerprint density at radius 1 is 1.15 bits per heavy atom. The van der Waals surface area contributed by atoms with Crippen molar-refractivity contribution in [2.75, 3.05) is 6.54 Å². The molecule has 0 fully saturated rings. The van der Waals surface area contributed by atoms with Crippen molar-refractivity contribution in [2.45, 2.75) is 20.0 Å². The zero-order chi connectivity index (χ0) is 14.4. The monoisotopic (exact) mass is 266 g/mol. The maximum atomic E-state index is 8.76. The smallest absolute Gasteiger partial charge is 0.123 e. The van der Waals surface area contributed by atoms with Gasteiger partial charge in [-0.1, -0.05) is 29.8 Å². The number of benzene rings is 2. The number of ether oxygens (including phenoxy) is 1. The molecule has 0 amide bonds. The maximum absolute atomic E-state index is 8.76. The number of hydrogen-bond acceptors (Lipinski definition) is 3. The summed E-state index contributed by atoms with van der Waals surface area (Å²) in [4.78, 5) is 0. The van der Waals surface area contributed by atoms with Crippen LogP contribution in [-0.2, 0) is 13.0 Å². The van der Waals surface area contributed by atoms with Gasteiger partial charge in [0.25, 0.3) is 0 Å². The van der Waals surface area contributed by atoms with E-state index in [4.69, 9.17) is 15.7 Å². The van der Waals surface area contributed by atoms with E-state index in [9.17, 15) is 0 Å². The van der Waals surface area contributed by atoms with E-state index in [0.29, 0.717) is 18.7 Å². The first-order chi connectivity index (χ1) is 9.72. The molecule has 102 valence electrons. The fourth-order valence-electron chi connectivity index (χ4n) is 2.04. The van der Waals surface area contributed by atoms with Gasteiger partial charge < -0.3 is 10.5 Å². The number of rotatable bonds is 5. The van der Waals surface area contributed by atoms with Crippen LogP contribution in [-0.4, -0.2) is 6.54 Å². The minimum atomic E-state index is 0.492. The predicted octanol–water partition coefficient (Wildman–Crippen LogP) is 2.95. The van der Waals surface area contributed by atoms with E-state index in [1.54, 1.807) is 12.1 Å². The van der Waals surface area contributed by atoms with Crippen LogP contribution in [0.1, 0.15) is 22.3 Å². The molecular formula is C17H18N2O. The Kier molecular flexibility index (Phi) is 4.75. The fourth-order valence-corrected chi connectivity index (χ4v) is 2.04. The lowest BCUT2D eigenvalue weighted by Crippen LogP contribution is -2.06. The van der Waals surface area contributed by atoms with Gasteiger partial charge in [-0.3, -0.25) is 0 Å². The van der Waals surface area contributed by atoms with Gasteiger partial charge in [-0.2, -0.15) is 5.26 Å². The average Bonchev–Trinajstić information content (AvgIpc) is 2.47. The summed E-state index contributed by atoms with van der Waals surface area (Å²) in [6.07, 6.45) is 0.810. The van der Waals surface area contributed by atoms with E-state index in [1.807, 2.05) is 24.3 Å². The molecular weight excluding hydrogens is 248 g/mol. The molecule has 0 saturated heterocycles. The molecule has 0 unspecified atom stereocenters. The van der Waals surface area contributed by atoms with Gasteiger partial charge in [-0.15, -0.1) is 0 Å². The SMILES string of the molecule is Cc1ccc(OCc2ccc(C#N)cc2)c(CCN)c1. The van der Waals surface area contributed by atoms with Crippen molar-refractivity contribution in [1.82, 2.24) is 0 Å². The Morgan fingerprint density at radius 2 is 1.90 bits per heavy atom. The lowest BCUT2D eigenvalue weighted by Gasteiger charge is -2.12. The molecule has 3 heteroatoms. The standard InChI is InChI=1S/C17H18N2O/c1-13-2-7-17(16(10-13)8-9-18)20-12-15-5-3-14(11-19)4-6-15/h2-7,10H,8-9,12,18H2,1H3. The minimum Gasteiger partial charge on any atom is -0.489 e. The molecule has 2 aromatic rings. The molecule has 2 aromatic carbocycles. The second-order valence-electron chi connectivity index (χ2n) is 4.75. The van der Waals surface area contributed by atoms with Gasteiger partial charge in [0, 0.05) is 0 Å². The van der Waals surface area contributed by atoms with Gasteiger partial charge in [0.1, 0.15) is 12.4 Å². The second-order valence-corrected chi connectivity index (χ2v) is 4.75. The molecule has 0 spiro atoms. The van der Waals surface area contributed by atoms with Crippen molar-refractivity contribution in [3.63, 3.8) is 0 Å². The third kappa shape index (κ3) is 3.59. The maximum Gasteiger partial charge on any atom is 0.123 e. The van der Waals surface area contributed by atoms with Crippen LogP contribution in [0.25, 0.3) is 0 Å². The number of nitrogens with two attached hydrogens (primary N) is 1. The van der Waals surface area contributed by atoms with E-state index >= 15 is 0 Å². The zero-order valence-corrected chi connectivity index (χ0v) is 11.6. The number of aryl methyl sites for hydroxylation is 1. The highest BCUT2D eigenvalue weighted by molar-refractivity contribution is 5.37. The van der Waals surface area contributed by atoms with Gasteiger partial charge in [0.15, 0.2) is 0 Å². The average molecular weight is 266 g/mol. The predicted molar refractivity (Wildman–Crippen MR) is 79.4 cm³/mol. The molecule has 0 heterocycles. The van der Waals surface area contributed by atoms with E-state index < -0.39 is 0 Å². The van der Waals surface area contributed by atoms with Crippen molar-refractivity contribution in [2.24, 2.45) is 5.73 Å². The first-order valence-electron chi connectivity index (χ1n) is 6.64. The summed E-state index contributed by atoms with van der Waals surface area (Å²) in [5.74, 6) is 0.880. The molecule has 0 aromatic heterocycles. The molecule has 2 rings (SSSR count). The van der Waals surface area contributed by atoms with Crippen LogP contribution >= 0.6 is 0 Å². The lowest BCUT2D eigenvalue weighted by molar-refractivity contribution is 0.303. The highest BCUT2D eigenvalue weighted by Crippen LogP contribution is 2.21. The van der Waals surface area contributed by atoms with E-state index in [0.717, 1.165) is 23.3 Å². The first-order valence-corrected chi connectivity index (χ1v) is 6.64. The van der Waals surface area contributed by atoms with Crippen molar-refractivity contribution >= 4 is 0 Å². The number of hydrogen-bond donors (Lipinski definition) is 1. The van der Waals surface area contributed by atoms with Crippen LogP contribution < -0.4 is 10.5 Å². The summed E-state index contributed by atoms with van der Waals surface area (Å²) >= 11 is 0. The normalized spacial score (nSPS) is 10.1. The van der Waals surface area contributed by atoms with Crippen molar-refractivity contribution in [3.8, 4) is 11.8 Å². The largest absolute Gasteiger partial charge is 0.489 e. The van der Waals surface area contributed by atoms with Crippen molar-refractivity contribution in [3.05, 3.63) is 64.7 Å². The Hall–Kier alpha value is -2.31. The van der Waals surface area contributed by atoms with Crippen LogP contribution in [0, 0.1) is 18.3 Å². The molecule has 0 saturated carbocycles. The molecule has 0 bridgehead atoms. The Labute approximate surface area is 119 Å². The molecule has 0 aliphatic heterocycles. The highest BCUT2D eigenvalue weighted by atomic mass is 16.5. The quantitative estimate of drug-likeness (QED) is 0.905. The zero-order valence-electron chi connectivity index (χ0n) is 11.6. The van der Waals surface area contributed by atoms with E-state index in [2.05, 4.69) is 19.1 Å². The molecule has 20 heavy (non-hydrogen) atoms. The van der Waals surface area contributed by atoms with Crippen LogP contribution in [0.4, 0.5) is 0 Å². The summed E-state index contributed by atoms with van der Waals surface area (Å²) in [6, 6.07) is 15.7. The minimum absolute atomic E-state index is 0.492. The van der Waals surface area contributed by atoms with Gasteiger partial charge in [0.05, 0.1) is 11.6 Å². The van der Waals surface area contributed by atoms with Crippen LogP contribution in [0.5, 0.6) is 5.75 Å². The number of nitriles is 1. The van der Waals surface area contributed by atoms with E-state index in [1.165, 1.54) is 5.56 Å². The topological polar surface area (TPSA) is 59.0 Å². The third-order valence-corrected chi connectivity index (χ3v) is 3.11. The van der Waals surface area contributed by atoms with Gasteiger partial charge in [0.2, 0.25) is 0 Å². The number of nitrogens with zero attached hydrogens (tertiary/aromatic N) is 1. The van der Waals surface area contributed by atoms with Crippen molar-refractivity contribution in [1.29, 1.82) is 5.26 Å². The molecule has 0 aliphatic rings. The van der Waals surface area contributed by atoms with E-state index in [-0.39, 0.29) is 0 Å². The lowest BCUT2D eigenvalue weighted by atomic mass is 10.1. The Morgan fingerprint density at radius 3 is 2.55 bits per heavy atom. The molecule has 0 aliphatic carbocycles. The molecule has 0 radical (unpaired) electrons. The Bertz CT molecular complexity index is 612. The van der Waals surface area contributed by atoms with Crippen LogP contribution in [0.2, 0.25) is 0 Å². The van der Waals surface area contributed by atoms with Crippen LogP contribution in [0.3, 0.4) is 0 Å². The highest BCUT2D eigenvalue weighted by Gasteiger charge is 2.04. The van der Waals surface area contributed by atoms with Gasteiger partial charge in [-0.25, -0.2) is 0 Å². The summed E-state index contributed by atoms with van der Waals surface area (Å²) in [5.41, 5.74) is 9.68. The molecule has 3 nitrogen and oxygen atoms in total. The Balaban J connectivity index is 2.08. The van der Waals surface area contributed by atoms with Gasteiger partial charge >= 0.3 is 0 Å². The molecule has 2 N–H and O–H groups in total. The van der Waals surface area contributed by atoms with Crippen LogP contribution in [0.15, 0.2) is 42.5 Å². The van der Waals surface area contributed by atoms with Gasteiger partial charge in [-0.05, 0) is 49.2 Å².